The van der Waals surface area contributed by atoms with E-state index in [0.717, 1.165) is 30.0 Å². The van der Waals surface area contributed by atoms with Gasteiger partial charge < -0.3 is 10.1 Å². The van der Waals surface area contributed by atoms with Crippen LogP contribution in [-0.4, -0.2) is 16.4 Å². The first-order chi connectivity index (χ1) is 10.1. The molecule has 1 heterocycles. The Bertz CT molecular complexity index is 567. The van der Waals surface area contributed by atoms with Crippen molar-refractivity contribution in [2.75, 3.05) is 5.32 Å². The van der Waals surface area contributed by atoms with Crippen LogP contribution < -0.4 is 10.1 Å². The summed E-state index contributed by atoms with van der Waals surface area (Å²) in [5.41, 5.74) is 3.01. The van der Waals surface area contributed by atoms with Gasteiger partial charge in [-0.2, -0.15) is 13.9 Å². The molecule has 21 heavy (non-hydrogen) atoms. The van der Waals surface area contributed by atoms with Gasteiger partial charge >= 0.3 is 6.61 Å². The number of aryl methyl sites for hydroxylation is 2. The van der Waals surface area contributed by atoms with Crippen molar-refractivity contribution in [2.45, 2.75) is 40.0 Å². The Morgan fingerprint density at radius 1 is 1.24 bits per heavy atom. The fourth-order valence-electron chi connectivity index (χ4n) is 2.05. The van der Waals surface area contributed by atoms with Gasteiger partial charge in [-0.15, -0.1) is 0 Å². The van der Waals surface area contributed by atoms with E-state index in [9.17, 15) is 8.78 Å². The quantitative estimate of drug-likeness (QED) is 0.847. The van der Waals surface area contributed by atoms with E-state index in [2.05, 4.69) is 28.1 Å². The maximum absolute atomic E-state index is 12.1. The first-order valence-electron chi connectivity index (χ1n) is 6.96. The van der Waals surface area contributed by atoms with Gasteiger partial charge in [-0.1, -0.05) is 6.92 Å². The van der Waals surface area contributed by atoms with Crippen molar-refractivity contribution in [3.8, 4) is 5.75 Å². The van der Waals surface area contributed by atoms with Crippen LogP contribution in [0.2, 0.25) is 0 Å². The average molecular weight is 295 g/mol. The number of hydrogen-bond acceptors (Lipinski definition) is 3. The van der Waals surface area contributed by atoms with Crippen LogP contribution in [0.5, 0.6) is 5.75 Å². The lowest BCUT2D eigenvalue weighted by molar-refractivity contribution is -0.0498. The number of alkyl halides is 2. The SMILES string of the molecule is CCc1cc(CNc2ccc(OC(F)F)cc2)n(CC)n1. The van der Waals surface area contributed by atoms with E-state index in [1.165, 1.54) is 12.1 Å². The summed E-state index contributed by atoms with van der Waals surface area (Å²) in [6.07, 6.45) is 0.902. The molecule has 0 aliphatic rings. The third kappa shape index (κ3) is 4.18. The summed E-state index contributed by atoms with van der Waals surface area (Å²) < 4.78 is 30.4. The summed E-state index contributed by atoms with van der Waals surface area (Å²) >= 11 is 0. The molecule has 0 atom stereocenters. The van der Waals surface area contributed by atoms with Crippen LogP contribution in [0.1, 0.15) is 25.2 Å². The van der Waals surface area contributed by atoms with Crippen molar-refractivity contribution in [1.29, 1.82) is 0 Å². The maximum atomic E-state index is 12.1. The van der Waals surface area contributed by atoms with Gasteiger partial charge in [-0.25, -0.2) is 0 Å². The van der Waals surface area contributed by atoms with Crippen LogP contribution >= 0.6 is 0 Å². The first kappa shape index (κ1) is 15.3. The number of aromatic nitrogens is 2. The van der Waals surface area contributed by atoms with Crippen LogP contribution in [0.15, 0.2) is 30.3 Å². The summed E-state index contributed by atoms with van der Waals surface area (Å²) in [6, 6.07) is 8.53. The number of nitrogens with zero attached hydrogens (tertiary/aromatic N) is 2. The molecule has 0 unspecified atom stereocenters. The highest BCUT2D eigenvalue weighted by Crippen LogP contribution is 2.18. The van der Waals surface area contributed by atoms with Gasteiger partial charge in [-0.3, -0.25) is 4.68 Å². The molecule has 114 valence electrons. The third-order valence-electron chi connectivity index (χ3n) is 3.13. The van der Waals surface area contributed by atoms with Crippen molar-refractivity contribution in [3.63, 3.8) is 0 Å². The summed E-state index contributed by atoms with van der Waals surface area (Å²) in [7, 11) is 0. The lowest BCUT2D eigenvalue weighted by atomic mass is 10.2. The van der Waals surface area contributed by atoms with Gasteiger partial charge in [0.1, 0.15) is 5.75 Å². The van der Waals surface area contributed by atoms with Gasteiger partial charge in [0.2, 0.25) is 0 Å². The largest absolute Gasteiger partial charge is 0.435 e. The summed E-state index contributed by atoms with van der Waals surface area (Å²) in [4.78, 5) is 0. The number of anilines is 1. The second kappa shape index (κ2) is 7.06. The molecular formula is C15H19F2N3O. The van der Waals surface area contributed by atoms with E-state index < -0.39 is 6.61 Å². The molecule has 1 aromatic heterocycles. The van der Waals surface area contributed by atoms with Crippen LogP contribution in [0.4, 0.5) is 14.5 Å². The lowest BCUT2D eigenvalue weighted by Crippen LogP contribution is -2.08. The lowest BCUT2D eigenvalue weighted by Gasteiger charge is -2.09. The minimum absolute atomic E-state index is 0.155. The molecule has 0 bridgehead atoms. The van der Waals surface area contributed by atoms with Crippen molar-refractivity contribution in [1.82, 2.24) is 9.78 Å². The Kier molecular flexibility index (Phi) is 5.14. The average Bonchev–Trinajstić information content (AvgIpc) is 2.88. The second-order valence-corrected chi connectivity index (χ2v) is 4.55. The molecule has 4 nitrogen and oxygen atoms in total. The van der Waals surface area contributed by atoms with Gasteiger partial charge in [0.05, 0.1) is 17.9 Å². The van der Waals surface area contributed by atoms with E-state index >= 15 is 0 Å². The molecule has 1 aromatic carbocycles. The zero-order valence-electron chi connectivity index (χ0n) is 12.1. The number of nitrogens with one attached hydrogen (secondary N) is 1. The summed E-state index contributed by atoms with van der Waals surface area (Å²) in [6.45, 7) is 2.78. The summed E-state index contributed by atoms with van der Waals surface area (Å²) in [5.74, 6) is 0.155. The van der Waals surface area contributed by atoms with E-state index in [1.54, 1.807) is 12.1 Å². The highest BCUT2D eigenvalue weighted by atomic mass is 19.3. The predicted octanol–water partition coefficient (Wildman–Crippen LogP) is 3.68. The Hall–Kier alpha value is -2.11. The number of ether oxygens (including phenoxy) is 1. The highest BCUT2D eigenvalue weighted by Gasteiger charge is 2.06. The molecule has 2 rings (SSSR count). The number of rotatable bonds is 7. The first-order valence-corrected chi connectivity index (χ1v) is 6.96. The molecule has 0 saturated heterocycles. The standard InChI is InChI=1S/C15H19F2N3O/c1-3-11-9-13(20(4-2)19-11)10-18-12-5-7-14(8-6-12)21-15(16)17/h5-9,15,18H,3-4,10H2,1-2H3. The molecule has 0 fully saturated rings. The van der Waals surface area contributed by atoms with Crippen molar-refractivity contribution in [2.24, 2.45) is 0 Å². The molecule has 0 radical (unpaired) electrons. The molecule has 0 amide bonds. The zero-order chi connectivity index (χ0) is 15.2. The Morgan fingerprint density at radius 3 is 2.52 bits per heavy atom. The molecular weight excluding hydrogens is 276 g/mol. The normalized spacial score (nSPS) is 10.9. The van der Waals surface area contributed by atoms with Crippen molar-refractivity contribution < 1.29 is 13.5 Å². The van der Waals surface area contributed by atoms with Gasteiger partial charge in [-0.05, 0) is 43.7 Å². The van der Waals surface area contributed by atoms with Crippen molar-refractivity contribution >= 4 is 5.69 Å². The topological polar surface area (TPSA) is 39.1 Å². The Morgan fingerprint density at radius 2 is 1.95 bits per heavy atom. The Labute approximate surface area is 122 Å². The monoisotopic (exact) mass is 295 g/mol. The smallest absolute Gasteiger partial charge is 0.387 e. The second-order valence-electron chi connectivity index (χ2n) is 4.55. The van der Waals surface area contributed by atoms with Crippen LogP contribution in [0.3, 0.4) is 0 Å². The van der Waals surface area contributed by atoms with E-state index in [0.29, 0.717) is 6.54 Å². The van der Waals surface area contributed by atoms with E-state index in [4.69, 9.17) is 0 Å². The van der Waals surface area contributed by atoms with Crippen LogP contribution in [0, 0.1) is 0 Å². The Balaban J connectivity index is 1.98. The molecule has 1 N–H and O–H groups in total. The molecule has 2 aromatic rings. The molecule has 0 aliphatic heterocycles. The van der Waals surface area contributed by atoms with Crippen LogP contribution in [0.25, 0.3) is 0 Å². The van der Waals surface area contributed by atoms with Gasteiger partial charge in [0.25, 0.3) is 0 Å². The van der Waals surface area contributed by atoms with Crippen LogP contribution in [-0.2, 0) is 19.5 Å². The number of hydrogen-bond donors (Lipinski definition) is 1. The predicted molar refractivity (Wildman–Crippen MR) is 77.7 cm³/mol. The minimum Gasteiger partial charge on any atom is -0.435 e. The van der Waals surface area contributed by atoms with Gasteiger partial charge in [0, 0.05) is 12.2 Å². The fraction of sp³-hybridized carbons (Fsp3) is 0.400. The third-order valence-corrected chi connectivity index (χ3v) is 3.13. The molecule has 0 aliphatic carbocycles. The number of benzene rings is 1. The van der Waals surface area contributed by atoms with E-state index in [-0.39, 0.29) is 5.75 Å². The van der Waals surface area contributed by atoms with E-state index in [1.807, 2.05) is 11.6 Å². The molecule has 6 heteroatoms. The fourth-order valence-corrected chi connectivity index (χ4v) is 2.05. The summed E-state index contributed by atoms with van der Waals surface area (Å²) in [5, 5.41) is 7.73. The maximum Gasteiger partial charge on any atom is 0.387 e. The minimum atomic E-state index is -2.80. The molecule has 0 saturated carbocycles. The number of halogens is 2. The van der Waals surface area contributed by atoms with Gasteiger partial charge in [0.15, 0.2) is 0 Å². The van der Waals surface area contributed by atoms with Crippen molar-refractivity contribution in [3.05, 3.63) is 41.7 Å². The highest BCUT2D eigenvalue weighted by molar-refractivity contribution is 5.46. The zero-order valence-corrected chi connectivity index (χ0v) is 12.1. The molecule has 0 spiro atoms.